The van der Waals surface area contributed by atoms with Crippen LogP contribution in [0.4, 0.5) is 0 Å². The standard InChI is InChI=1S/C14H19NO4S/c1-15(13-7-2-3-8-13)20(18,19)10-11-5-4-6-12(9-11)14(16)17/h4-6,9,13H,2-3,7-8,10H2,1H3,(H,16,17). The highest BCUT2D eigenvalue weighted by Crippen LogP contribution is 2.25. The Kier molecular flexibility index (Phi) is 4.45. The monoisotopic (exact) mass is 297 g/mol. The molecule has 0 saturated heterocycles. The van der Waals surface area contributed by atoms with Gasteiger partial charge in [-0.25, -0.2) is 17.5 Å². The maximum atomic E-state index is 12.3. The number of sulfonamides is 1. The Morgan fingerprint density at radius 2 is 2.00 bits per heavy atom. The fraction of sp³-hybridized carbons (Fsp3) is 0.500. The van der Waals surface area contributed by atoms with Crippen molar-refractivity contribution in [2.75, 3.05) is 7.05 Å². The summed E-state index contributed by atoms with van der Waals surface area (Å²) >= 11 is 0. The van der Waals surface area contributed by atoms with E-state index in [1.165, 1.54) is 16.4 Å². The zero-order valence-electron chi connectivity index (χ0n) is 11.4. The molecule has 20 heavy (non-hydrogen) atoms. The van der Waals surface area contributed by atoms with Gasteiger partial charge in [0, 0.05) is 13.1 Å². The molecular weight excluding hydrogens is 278 g/mol. The lowest BCUT2D eigenvalue weighted by atomic mass is 10.1. The number of rotatable bonds is 5. The summed E-state index contributed by atoms with van der Waals surface area (Å²) in [6.07, 6.45) is 3.95. The van der Waals surface area contributed by atoms with E-state index in [2.05, 4.69) is 0 Å². The van der Waals surface area contributed by atoms with Crippen molar-refractivity contribution in [2.24, 2.45) is 0 Å². The molecule has 1 aliphatic carbocycles. The van der Waals surface area contributed by atoms with Crippen LogP contribution >= 0.6 is 0 Å². The largest absolute Gasteiger partial charge is 0.478 e. The molecule has 110 valence electrons. The second-order valence-corrected chi connectivity index (χ2v) is 7.24. The summed E-state index contributed by atoms with van der Waals surface area (Å²) in [5.41, 5.74) is 0.621. The van der Waals surface area contributed by atoms with E-state index in [4.69, 9.17) is 5.11 Å². The first-order valence-corrected chi connectivity index (χ1v) is 8.29. The van der Waals surface area contributed by atoms with Gasteiger partial charge in [-0.3, -0.25) is 0 Å². The van der Waals surface area contributed by atoms with Crippen LogP contribution in [0.15, 0.2) is 24.3 Å². The molecule has 0 radical (unpaired) electrons. The Balaban J connectivity index is 2.15. The molecule has 1 aromatic rings. The topological polar surface area (TPSA) is 74.7 Å². The van der Waals surface area contributed by atoms with Crippen molar-refractivity contribution in [1.29, 1.82) is 0 Å². The maximum absolute atomic E-state index is 12.3. The van der Waals surface area contributed by atoms with E-state index in [1.807, 2.05) is 0 Å². The van der Waals surface area contributed by atoms with Crippen LogP contribution in [0.2, 0.25) is 0 Å². The molecule has 5 nitrogen and oxygen atoms in total. The minimum atomic E-state index is -3.40. The van der Waals surface area contributed by atoms with E-state index in [0.29, 0.717) is 5.56 Å². The molecule has 0 amide bonds. The van der Waals surface area contributed by atoms with Gasteiger partial charge in [0.2, 0.25) is 10.0 Å². The first-order valence-electron chi connectivity index (χ1n) is 6.68. The van der Waals surface area contributed by atoms with E-state index in [-0.39, 0.29) is 17.4 Å². The molecule has 1 saturated carbocycles. The Bertz CT molecular complexity index is 591. The van der Waals surface area contributed by atoms with Gasteiger partial charge in [-0.2, -0.15) is 0 Å². The van der Waals surface area contributed by atoms with Crippen LogP contribution in [0, 0.1) is 0 Å². The van der Waals surface area contributed by atoms with Gasteiger partial charge in [-0.15, -0.1) is 0 Å². The summed E-state index contributed by atoms with van der Waals surface area (Å²) in [7, 11) is -1.78. The predicted octanol–water partition coefficient (Wildman–Crippen LogP) is 2.09. The van der Waals surface area contributed by atoms with Crippen molar-refractivity contribution < 1.29 is 18.3 Å². The van der Waals surface area contributed by atoms with Crippen molar-refractivity contribution in [3.8, 4) is 0 Å². The zero-order valence-corrected chi connectivity index (χ0v) is 12.3. The number of benzene rings is 1. The van der Waals surface area contributed by atoms with Gasteiger partial charge in [-0.05, 0) is 30.5 Å². The summed E-state index contributed by atoms with van der Waals surface area (Å²) < 4.78 is 26.1. The molecule has 0 spiro atoms. The summed E-state index contributed by atoms with van der Waals surface area (Å²) in [5, 5.41) is 8.93. The normalized spacial score (nSPS) is 16.7. The molecule has 0 atom stereocenters. The average Bonchev–Trinajstić information content (AvgIpc) is 2.91. The Hall–Kier alpha value is -1.40. The maximum Gasteiger partial charge on any atom is 0.335 e. The molecule has 0 unspecified atom stereocenters. The highest BCUT2D eigenvalue weighted by Gasteiger charge is 2.28. The number of carboxylic acids is 1. The first-order chi connectivity index (χ1) is 9.40. The molecule has 0 aromatic heterocycles. The van der Waals surface area contributed by atoms with Crippen molar-refractivity contribution in [2.45, 2.75) is 37.5 Å². The minimum Gasteiger partial charge on any atom is -0.478 e. The van der Waals surface area contributed by atoms with E-state index >= 15 is 0 Å². The van der Waals surface area contributed by atoms with Crippen LogP contribution in [0.3, 0.4) is 0 Å². The van der Waals surface area contributed by atoms with Gasteiger partial charge in [0.1, 0.15) is 0 Å². The van der Waals surface area contributed by atoms with Crippen molar-refractivity contribution in [3.63, 3.8) is 0 Å². The molecule has 2 rings (SSSR count). The Morgan fingerprint density at radius 3 is 2.60 bits per heavy atom. The third-order valence-corrected chi connectivity index (χ3v) is 5.67. The van der Waals surface area contributed by atoms with E-state index in [0.717, 1.165) is 25.7 Å². The Labute approximate surface area is 119 Å². The minimum absolute atomic E-state index is 0.0858. The highest BCUT2D eigenvalue weighted by molar-refractivity contribution is 7.88. The highest BCUT2D eigenvalue weighted by atomic mass is 32.2. The van der Waals surface area contributed by atoms with Gasteiger partial charge in [0.25, 0.3) is 0 Å². The van der Waals surface area contributed by atoms with Gasteiger partial charge < -0.3 is 5.11 Å². The summed E-state index contributed by atoms with van der Waals surface area (Å²) in [6, 6.07) is 6.18. The molecule has 1 aromatic carbocycles. The van der Waals surface area contributed by atoms with Gasteiger partial charge >= 0.3 is 5.97 Å². The van der Waals surface area contributed by atoms with Crippen LogP contribution in [0.25, 0.3) is 0 Å². The van der Waals surface area contributed by atoms with Crippen LogP contribution in [-0.2, 0) is 15.8 Å². The van der Waals surface area contributed by atoms with Crippen molar-refractivity contribution in [3.05, 3.63) is 35.4 Å². The van der Waals surface area contributed by atoms with Gasteiger partial charge in [0.05, 0.1) is 11.3 Å². The lowest BCUT2D eigenvalue weighted by molar-refractivity contribution is 0.0696. The summed E-state index contributed by atoms with van der Waals surface area (Å²) in [5.74, 6) is -1.20. The molecule has 0 aliphatic heterocycles. The SMILES string of the molecule is CN(C1CCCC1)S(=O)(=O)Cc1cccc(C(=O)O)c1. The molecule has 1 fully saturated rings. The summed E-state index contributed by atoms with van der Waals surface area (Å²) in [6.45, 7) is 0. The molecule has 0 heterocycles. The van der Waals surface area contributed by atoms with Crippen LogP contribution < -0.4 is 0 Å². The Morgan fingerprint density at radius 1 is 1.35 bits per heavy atom. The molecular formula is C14H19NO4S. The van der Waals surface area contributed by atoms with Crippen molar-refractivity contribution in [1.82, 2.24) is 4.31 Å². The second kappa shape index (κ2) is 5.93. The number of hydrogen-bond donors (Lipinski definition) is 1. The van der Waals surface area contributed by atoms with Crippen LogP contribution in [-0.4, -0.2) is 36.9 Å². The lowest BCUT2D eigenvalue weighted by Crippen LogP contribution is -2.36. The average molecular weight is 297 g/mol. The smallest absolute Gasteiger partial charge is 0.335 e. The number of aromatic carboxylic acids is 1. The van der Waals surface area contributed by atoms with E-state index < -0.39 is 16.0 Å². The number of carboxylic acid groups (broad SMARTS) is 1. The molecule has 1 N–H and O–H groups in total. The fourth-order valence-corrected chi connectivity index (χ4v) is 4.07. The second-order valence-electron chi connectivity index (χ2n) is 5.22. The van der Waals surface area contributed by atoms with Gasteiger partial charge in [0.15, 0.2) is 0 Å². The number of carbonyl (C=O) groups is 1. The van der Waals surface area contributed by atoms with Crippen LogP contribution in [0.1, 0.15) is 41.6 Å². The van der Waals surface area contributed by atoms with Gasteiger partial charge in [-0.1, -0.05) is 25.0 Å². The predicted molar refractivity (Wildman–Crippen MR) is 76.0 cm³/mol. The van der Waals surface area contributed by atoms with E-state index in [9.17, 15) is 13.2 Å². The molecule has 0 bridgehead atoms. The quantitative estimate of drug-likeness (QED) is 0.903. The lowest BCUT2D eigenvalue weighted by Gasteiger charge is -2.23. The van der Waals surface area contributed by atoms with Crippen molar-refractivity contribution >= 4 is 16.0 Å². The fourth-order valence-electron chi connectivity index (χ4n) is 2.60. The first kappa shape index (κ1) is 15.0. The van der Waals surface area contributed by atoms with Crippen LogP contribution in [0.5, 0.6) is 0 Å². The third kappa shape index (κ3) is 3.37. The number of nitrogens with zero attached hydrogens (tertiary/aromatic N) is 1. The molecule has 1 aliphatic rings. The third-order valence-electron chi connectivity index (χ3n) is 3.80. The number of hydrogen-bond acceptors (Lipinski definition) is 3. The molecule has 6 heteroatoms. The van der Waals surface area contributed by atoms with E-state index in [1.54, 1.807) is 19.2 Å². The summed E-state index contributed by atoms with van der Waals surface area (Å²) in [4.78, 5) is 10.9. The zero-order chi connectivity index (χ0) is 14.8.